The molecule has 3 nitrogen and oxygen atoms in total. The van der Waals surface area contributed by atoms with Crippen LogP contribution in [0.3, 0.4) is 0 Å². The minimum Gasteiger partial charge on any atom is -0.342 e. The summed E-state index contributed by atoms with van der Waals surface area (Å²) >= 11 is 0. The van der Waals surface area contributed by atoms with E-state index in [1.165, 1.54) is 19.3 Å². The fourth-order valence-corrected chi connectivity index (χ4v) is 3.00. The summed E-state index contributed by atoms with van der Waals surface area (Å²) in [5.41, 5.74) is 0.512. The van der Waals surface area contributed by atoms with Gasteiger partial charge in [0, 0.05) is 25.6 Å². The van der Waals surface area contributed by atoms with Gasteiger partial charge in [-0.15, -0.1) is 0 Å². The normalized spacial score (nSPS) is 25.5. The minimum absolute atomic E-state index is 0.172. The molecular formula is C14H26N2O. The molecule has 0 aliphatic carbocycles. The molecule has 2 heterocycles. The summed E-state index contributed by atoms with van der Waals surface area (Å²) in [4.78, 5) is 14.3. The highest BCUT2D eigenvalue weighted by Crippen LogP contribution is 2.37. The van der Waals surface area contributed by atoms with E-state index in [2.05, 4.69) is 31.0 Å². The quantitative estimate of drug-likeness (QED) is 0.796. The summed E-state index contributed by atoms with van der Waals surface area (Å²) in [6.07, 6.45) is 3.68. The largest absolute Gasteiger partial charge is 0.342 e. The zero-order chi connectivity index (χ0) is 12.5. The molecule has 0 saturated carbocycles. The standard InChI is InChI=1S/C14H26N2O/c1-11(2)12(3)13(17)16-8-5-14(6-9-16)4-7-15-10-14/h11-12,15H,4-10H2,1-3H3. The van der Waals surface area contributed by atoms with Crippen molar-refractivity contribution in [2.75, 3.05) is 26.2 Å². The number of carbonyl (C=O) groups is 1. The van der Waals surface area contributed by atoms with Gasteiger partial charge in [0.05, 0.1) is 0 Å². The maximum Gasteiger partial charge on any atom is 0.225 e. The van der Waals surface area contributed by atoms with E-state index in [1.807, 2.05) is 0 Å². The lowest BCUT2D eigenvalue weighted by Gasteiger charge is -2.40. The van der Waals surface area contributed by atoms with Crippen molar-refractivity contribution in [3.8, 4) is 0 Å². The van der Waals surface area contributed by atoms with Crippen molar-refractivity contribution >= 4 is 5.91 Å². The molecule has 1 N–H and O–H groups in total. The predicted molar refractivity (Wildman–Crippen MR) is 69.7 cm³/mol. The average molecular weight is 238 g/mol. The Balaban J connectivity index is 1.88. The van der Waals surface area contributed by atoms with Crippen LogP contribution in [0.4, 0.5) is 0 Å². The molecule has 98 valence electrons. The van der Waals surface area contributed by atoms with E-state index in [0.717, 1.165) is 26.2 Å². The van der Waals surface area contributed by atoms with E-state index in [4.69, 9.17) is 0 Å². The molecule has 0 aromatic rings. The van der Waals surface area contributed by atoms with Gasteiger partial charge < -0.3 is 10.2 Å². The molecule has 1 atom stereocenters. The number of rotatable bonds is 2. The fourth-order valence-electron chi connectivity index (χ4n) is 3.00. The van der Waals surface area contributed by atoms with Crippen molar-refractivity contribution in [1.82, 2.24) is 10.2 Å². The van der Waals surface area contributed by atoms with Crippen LogP contribution in [0.15, 0.2) is 0 Å². The Hall–Kier alpha value is -0.570. The maximum atomic E-state index is 12.3. The van der Waals surface area contributed by atoms with E-state index >= 15 is 0 Å². The van der Waals surface area contributed by atoms with Crippen molar-refractivity contribution in [2.24, 2.45) is 17.3 Å². The van der Waals surface area contributed by atoms with Crippen LogP contribution in [0, 0.1) is 17.3 Å². The number of nitrogens with one attached hydrogen (secondary N) is 1. The number of nitrogens with zero attached hydrogens (tertiary/aromatic N) is 1. The van der Waals surface area contributed by atoms with Crippen LogP contribution in [0.2, 0.25) is 0 Å². The van der Waals surface area contributed by atoms with Gasteiger partial charge in [0.2, 0.25) is 5.91 Å². The molecular weight excluding hydrogens is 212 g/mol. The molecule has 3 heteroatoms. The third-order valence-corrected chi connectivity index (χ3v) is 4.86. The van der Waals surface area contributed by atoms with Crippen LogP contribution in [-0.4, -0.2) is 37.0 Å². The third-order valence-electron chi connectivity index (χ3n) is 4.86. The van der Waals surface area contributed by atoms with Gasteiger partial charge in [0.15, 0.2) is 0 Å². The first kappa shape index (κ1) is 12.9. The van der Waals surface area contributed by atoms with E-state index in [9.17, 15) is 4.79 Å². The molecule has 0 radical (unpaired) electrons. The van der Waals surface area contributed by atoms with E-state index < -0.39 is 0 Å². The second-order valence-electron chi connectivity index (χ2n) is 6.28. The lowest BCUT2D eigenvalue weighted by Crippen LogP contribution is -2.46. The first-order chi connectivity index (χ1) is 8.04. The molecule has 1 amide bonds. The number of hydrogen-bond acceptors (Lipinski definition) is 2. The molecule has 17 heavy (non-hydrogen) atoms. The van der Waals surface area contributed by atoms with Gasteiger partial charge in [-0.1, -0.05) is 20.8 Å². The number of likely N-dealkylation sites (tertiary alicyclic amines) is 1. The van der Waals surface area contributed by atoms with Crippen molar-refractivity contribution in [1.29, 1.82) is 0 Å². The Kier molecular flexibility index (Phi) is 3.76. The molecule has 2 fully saturated rings. The Bertz CT molecular complexity index is 272. The first-order valence-corrected chi connectivity index (χ1v) is 7.04. The van der Waals surface area contributed by atoms with E-state index in [0.29, 0.717) is 17.2 Å². The average Bonchev–Trinajstić information content (AvgIpc) is 2.76. The van der Waals surface area contributed by atoms with Crippen molar-refractivity contribution in [2.45, 2.75) is 40.0 Å². The summed E-state index contributed by atoms with van der Waals surface area (Å²) < 4.78 is 0. The fraction of sp³-hybridized carbons (Fsp3) is 0.929. The molecule has 2 saturated heterocycles. The molecule has 0 aromatic heterocycles. The van der Waals surface area contributed by atoms with Gasteiger partial charge in [0.25, 0.3) is 0 Å². The van der Waals surface area contributed by atoms with Crippen LogP contribution < -0.4 is 5.32 Å². The van der Waals surface area contributed by atoms with Crippen LogP contribution in [-0.2, 0) is 4.79 Å². The second kappa shape index (κ2) is 4.97. The van der Waals surface area contributed by atoms with Crippen molar-refractivity contribution < 1.29 is 4.79 Å². The van der Waals surface area contributed by atoms with Crippen LogP contribution in [0.25, 0.3) is 0 Å². The Morgan fingerprint density at radius 1 is 1.18 bits per heavy atom. The lowest BCUT2D eigenvalue weighted by atomic mass is 9.77. The summed E-state index contributed by atoms with van der Waals surface area (Å²) in [5.74, 6) is 0.984. The second-order valence-corrected chi connectivity index (χ2v) is 6.28. The smallest absolute Gasteiger partial charge is 0.225 e. The Morgan fingerprint density at radius 2 is 1.82 bits per heavy atom. The first-order valence-electron chi connectivity index (χ1n) is 7.04. The monoisotopic (exact) mass is 238 g/mol. The van der Waals surface area contributed by atoms with Crippen molar-refractivity contribution in [3.63, 3.8) is 0 Å². The van der Waals surface area contributed by atoms with Crippen LogP contribution >= 0.6 is 0 Å². The predicted octanol–water partition coefficient (Wildman–Crippen LogP) is 1.88. The zero-order valence-corrected chi connectivity index (χ0v) is 11.5. The number of carbonyl (C=O) groups excluding carboxylic acids is 1. The molecule has 2 aliphatic heterocycles. The maximum absolute atomic E-state index is 12.3. The number of amides is 1. The van der Waals surface area contributed by atoms with E-state index in [-0.39, 0.29) is 5.92 Å². The Labute approximate surface area is 105 Å². The van der Waals surface area contributed by atoms with Gasteiger partial charge >= 0.3 is 0 Å². The Morgan fingerprint density at radius 3 is 2.29 bits per heavy atom. The van der Waals surface area contributed by atoms with Gasteiger partial charge in [-0.2, -0.15) is 0 Å². The summed E-state index contributed by atoms with van der Waals surface area (Å²) in [7, 11) is 0. The van der Waals surface area contributed by atoms with Crippen LogP contribution in [0.1, 0.15) is 40.0 Å². The molecule has 1 unspecified atom stereocenters. The highest BCUT2D eigenvalue weighted by molar-refractivity contribution is 5.78. The molecule has 0 bridgehead atoms. The summed E-state index contributed by atoms with van der Waals surface area (Å²) in [6, 6.07) is 0. The van der Waals surface area contributed by atoms with E-state index in [1.54, 1.807) is 0 Å². The molecule has 2 aliphatic rings. The lowest BCUT2D eigenvalue weighted by molar-refractivity contribution is -0.138. The molecule has 2 rings (SSSR count). The number of hydrogen-bond donors (Lipinski definition) is 1. The summed E-state index contributed by atoms with van der Waals surface area (Å²) in [5, 5.41) is 3.46. The van der Waals surface area contributed by atoms with Gasteiger partial charge in [-0.05, 0) is 37.1 Å². The van der Waals surface area contributed by atoms with Crippen LogP contribution in [0.5, 0.6) is 0 Å². The topological polar surface area (TPSA) is 32.3 Å². The van der Waals surface area contributed by atoms with Crippen molar-refractivity contribution in [3.05, 3.63) is 0 Å². The molecule has 1 spiro atoms. The highest BCUT2D eigenvalue weighted by Gasteiger charge is 2.38. The number of piperidine rings is 1. The van der Waals surface area contributed by atoms with Gasteiger partial charge in [0.1, 0.15) is 0 Å². The van der Waals surface area contributed by atoms with Gasteiger partial charge in [-0.3, -0.25) is 4.79 Å². The summed E-state index contributed by atoms with van der Waals surface area (Å²) in [6.45, 7) is 10.6. The minimum atomic E-state index is 0.172. The highest BCUT2D eigenvalue weighted by atomic mass is 16.2. The SMILES string of the molecule is CC(C)C(C)C(=O)N1CCC2(CCNC2)CC1. The third kappa shape index (κ3) is 2.65. The molecule has 0 aromatic carbocycles. The van der Waals surface area contributed by atoms with Gasteiger partial charge in [-0.25, -0.2) is 0 Å². The zero-order valence-electron chi connectivity index (χ0n) is 11.5.